The number of hydrogen-bond donors (Lipinski definition) is 0. The first-order chi connectivity index (χ1) is 15.1. The highest BCUT2D eigenvalue weighted by molar-refractivity contribution is 7.91. The summed E-state index contributed by atoms with van der Waals surface area (Å²) < 4.78 is 64.8. The zero-order valence-electron chi connectivity index (χ0n) is 16.4. The Morgan fingerprint density at radius 3 is 2.53 bits per heavy atom. The molecule has 0 bridgehead atoms. The molecule has 0 unspecified atom stereocenters. The van der Waals surface area contributed by atoms with E-state index in [9.17, 15) is 26.4 Å². The van der Waals surface area contributed by atoms with Crippen LogP contribution in [-0.2, 0) is 25.6 Å². The summed E-state index contributed by atoms with van der Waals surface area (Å²) >= 11 is 1.10. The molecular formula is C19H15F3N4O4S2. The minimum atomic E-state index is -4.88. The predicted molar refractivity (Wildman–Crippen MR) is 110 cm³/mol. The number of nitrogens with zero attached hydrogens (tertiary/aromatic N) is 4. The zero-order chi connectivity index (χ0) is 23.4. The summed E-state index contributed by atoms with van der Waals surface area (Å²) in [7, 11) is -4.42. The second-order valence-corrected chi connectivity index (χ2v) is 9.29. The number of rotatable bonds is 7. The summed E-state index contributed by atoms with van der Waals surface area (Å²) in [6, 6.07) is 7.04. The van der Waals surface area contributed by atoms with Gasteiger partial charge < -0.3 is 4.84 Å². The van der Waals surface area contributed by atoms with Gasteiger partial charge in [-0.3, -0.25) is 4.98 Å². The van der Waals surface area contributed by atoms with Gasteiger partial charge in [-0.15, -0.1) is 11.3 Å². The van der Waals surface area contributed by atoms with Gasteiger partial charge in [0.15, 0.2) is 0 Å². The average Bonchev–Trinajstić information content (AvgIpc) is 3.31. The highest BCUT2D eigenvalue weighted by atomic mass is 32.2. The minimum Gasteiger partial charge on any atom is -0.318 e. The number of thiophene rings is 1. The fraction of sp³-hybridized carbons (Fsp3) is 0.211. The van der Waals surface area contributed by atoms with Crippen LogP contribution in [0, 0.1) is 0 Å². The van der Waals surface area contributed by atoms with Crippen molar-refractivity contribution < 1.29 is 31.2 Å². The molecule has 0 aromatic carbocycles. The lowest BCUT2D eigenvalue weighted by Crippen LogP contribution is -2.18. The van der Waals surface area contributed by atoms with Crippen molar-refractivity contribution in [2.45, 2.75) is 24.7 Å². The lowest BCUT2D eigenvalue weighted by atomic mass is 10.2. The molecule has 3 aromatic heterocycles. The van der Waals surface area contributed by atoms with Gasteiger partial charge in [0.25, 0.3) is 0 Å². The Kier molecular flexibility index (Phi) is 6.99. The number of pyridine rings is 1. The summed E-state index contributed by atoms with van der Waals surface area (Å²) in [5.74, 6) is -1.83. The third-order valence-electron chi connectivity index (χ3n) is 4.01. The van der Waals surface area contributed by atoms with Crippen molar-refractivity contribution in [3.63, 3.8) is 0 Å². The normalized spacial score (nSPS) is 12.6. The van der Waals surface area contributed by atoms with Gasteiger partial charge in [-0.2, -0.15) is 13.2 Å². The number of alkyl halides is 3. The van der Waals surface area contributed by atoms with Crippen molar-refractivity contribution in [3.8, 4) is 10.6 Å². The molecule has 8 nitrogen and oxygen atoms in total. The molecule has 32 heavy (non-hydrogen) atoms. The third-order valence-corrected chi connectivity index (χ3v) is 6.38. The van der Waals surface area contributed by atoms with E-state index in [1.165, 1.54) is 18.5 Å². The molecule has 3 aromatic rings. The largest absolute Gasteiger partial charge is 0.433 e. The molecule has 0 aliphatic rings. The average molecular weight is 484 g/mol. The van der Waals surface area contributed by atoms with Gasteiger partial charge in [-0.05, 0) is 36.6 Å². The molecule has 0 saturated heterocycles. The maximum Gasteiger partial charge on any atom is 0.433 e. The van der Waals surface area contributed by atoms with Gasteiger partial charge in [0.05, 0.1) is 28.5 Å². The van der Waals surface area contributed by atoms with Crippen molar-refractivity contribution in [2.24, 2.45) is 5.16 Å². The lowest BCUT2D eigenvalue weighted by Gasteiger charge is -2.10. The molecule has 0 saturated carbocycles. The van der Waals surface area contributed by atoms with E-state index in [1.807, 2.05) is 0 Å². The summed E-state index contributed by atoms with van der Waals surface area (Å²) in [5.41, 5.74) is -0.583. The van der Waals surface area contributed by atoms with E-state index in [2.05, 4.69) is 20.1 Å². The number of sulfone groups is 1. The van der Waals surface area contributed by atoms with Crippen molar-refractivity contribution in [1.29, 1.82) is 0 Å². The second kappa shape index (κ2) is 9.53. The van der Waals surface area contributed by atoms with E-state index in [1.54, 1.807) is 30.5 Å². The number of carbonyl (C=O) groups excluding carboxylic acids is 1. The van der Waals surface area contributed by atoms with Crippen molar-refractivity contribution in [3.05, 3.63) is 59.4 Å². The Morgan fingerprint density at radius 1 is 1.19 bits per heavy atom. The standard InChI is InChI=1S/C19H15F3N4O4S2/c1-12(13-4-7-23-8-5-13)26-30-17(27)6-10-32(28,29)18-24-14(15-3-2-9-31-15)11-16(25-18)19(20,21)22/h2-5,7-9,11H,6,10H2,1H3/b26-12-. The molecular weight excluding hydrogens is 469 g/mol. The maximum atomic E-state index is 13.2. The molecule has 3 heterocycles. The molecule has 3 rings (SSSR count). The smallest absolute Gasteiger partial charge is 0.318 e. The Bertz CT molecular complexity index is 1230. The van der Waals surface area contributed by atoms with Crippen molar-refractivity contribution in [1.82, 2.24) is 15.0 Å². The van der Waals surface area contributed by atoms with Crippen LogP contribution in [0.3, 0.4) is 0 Å². The quantitative estimate of drug-likeness (QED) is 0.217. The predicted octanol–water partition coefficient (Wildman–Crippen LogP) is 3.75. The van der Waals surface area contributed by atoms with E-state index in [0.29, 0.717) is 22.2 Å². The number of oxime groups is 1. The van der Waals surface area contributed by atoms with Crippen LogP contribution in [0.25, 0.3) is 10.6 Å². The van der Waals surface area contributed by atoms with Crippen LogP contribution in [0.15, 0.2) is 58.4 Å². The molecule has 168 valence electrons. The molecule has 0 aliphatic heterocycles. The number of aromatic nitrogens is 3. The van der Waals surface area contributed by atoms with Crippen LogP contribution >= 0.6 is 11.3 Å². The van der Waals surface area contributed by atoms with Gasteiger partial charge in [0.1, 0.15) is 5.69 Å². The topological polar surface area (TPSA) is 111 Å². The minimum absolute atomic E-state index is 0.180. The van der Waals surface area contributed by atoms with E-state index in [-0.39, 0.29) is 5.69 Å². The van der Waals surface area contributed by atoms with Crippen molar-refractivity contribution in [2.75, 3.05) is 5.75 Å². The number of halogens is 3. The van der Waals surface area contributed by atoms with Crippen LogP contribution in [0.1, 0.15) is 24.6 Å². The highest BCUT2D eigenvalue weighted by Gasteiger charge is 2.35. The lowest BCUT2D eigenvalue weighted by molar-refractivity contribution is -0.143. The third kappa shape index (κ3) is 5.95. The Hall–Kier alpha value is -3.19. The molecule has 0 aliphatic carbocycles. The fourth-order valence-electron chi connectivity index (χ4n) is 2.38. The second-order valence-electron chi connectivity index (χ2n) is 6.34. The zero-order valence-corrected chi connectivity index (χ0v) is 18.0. The Morgan fingerprint density at radius 2 is 1.91 bits per heavy atom. The molecule has 0 fully saturated rings. The van der Waals surface area contributed by atoms with Crippen LogP contribution in [0.2, 0.25) is 0 Å². The Labute approximate surface area is 184 Å². The van der Waals surface area contributed by atoms with Gasteiger partial charge in [0.2, 0.25) is 15.0 Å². The first kappa shape index (κ1) is 23.5. The summed E-state index contributed by atoms with van der Waals surface area (Å²) in [6.07, 6.45) is -2.49. The number of hydrogen-bond acceptors (Lipinski definition) is 9. The van der Waals surface area contributed by atoms with Crippen LogP contribution in [0.4, 0.5) is 13.2 Å². The van der Waals surface area contributed by atoms with Gasteiger partial charge in [-0.1, -0.05) is 11.2 Å². The van der Waals surface area contributed by atoms with Crippen molar-refractivity contribution >= 4 is 32.9 Å². The van der Waals surface area contributed by atoms with E-state index < -0.39 is 45.0 Å². The summed E-state index contributed by atoms with van der Waals surface area (Å²) in [6.45, 7) is 1.57. The first-order valence-electron chi connectivity index (χ1n) is 8.94. The van der Waals surface area contributed by atoms with Crippen LogP contribution < -0.4 is 0 Å². The summed E-state index contributed by atoms with van der Waals surface area (Å²) in [4.78, 5) is 27.7. The van der Waals surface area contributed by atoms with Crippen LogP contribution in [-0.4, -0.2) is 40.8 Å². The SMILES string of the molecule is C/C(=N/OC(=O)CCS(=O)(=O)c1nc(-c2cccs2)cc(C(F)(F)F)n1)c1ccncc1. The molecule has 0 atom stereocenters. The van der Waals surface area contributed by atoms with Gasteiger partial charge in [0, 0.05) is 18.0 Å². The fourth-order valence-corrected chi connectivity index (χ4v) is 4.16. The first-order valence-corrected chi connectivity index (χ1v) is 11.5. The summed E-state index contributed by atoms with van der Waals surface area (Å²) in [5, 5.41) is 4.23. The molecule has 0 radical (unpaired) electrons. The molecule has 0 amide bonds. The molecule has 0 spiro atoms. The molecule has 13 heteroatoms. The maximum absolute atomic E-state index is 13.2. The number of carbonyl (C=O) groups is 1. The van der Waals surface area contributed by atoms with Gasteiger partial charge in [-0.25, -0.2) is 23.2 Å². The van der Waals surface area contributed by atoms with Crippen LogP contribution in [0.5, 0.6) is 0 Å². The Balaban J connectivity index is 1.76. The highest BCUT2D eigenvalue weighted by Crippen LogP contribution is 2.32. The molecule has 0 N–H and O–H groups in total. The van der Waals surface area contributed by atoms with E-state index in [4.69, 9.17) is 4.84 Å². The van der Waals surface area contributed by atoms with E-state index in [0.717, 1.165) is 11.3 Å². The van der Waals surface area contributed by atoms with E-state index >= 15 is 0 Å². The van der Waals surface area contributed by atoms with Gasteiger partial charge >= 0.3 is 12.1 Å². The monoisotopic (exact) mass is 484 g/mol.